The fourth-order valence-electron chi connectivity index (χ4n) is 1.97. The van der Waals surface area contributed by atoms with Crippen molar-refractivity contribution in [3.63, 3.8) is 0 Å². The van der Waals surface area contributed by atoms with Gasteiger partial charge in [-0.2, -0.15) is 5.10 Å². The van der Waals surface area contributed by atoms with E-state index in [4.69, 9.17) is 11.6 Å². The minimum absolute atomic E-state index is 0.0542. The molecule has 19 heavy (non-hydrogen) atoms. The number of nitrogens with zero attached hydrogens (tertiary/aromatic N) is 2. The molecule has 0 spiro atoms. The number of rotatable bonds is 6. The number of nitrogens with one attached hydrogen (secondary N) is 1. The minimum atomic E-state index is -3.79. The minimum Gasteiger partial charge on any atom is -0.389 e. The molecule has 0 amide bonds. The largest absolute Gasteiger partial charge is 0.389 e. The predicted molar refractivity (Wildman–Crippen MR) is 73.5 cm³/mol. The summed E-state index contributed by atoms with van der Waals surface area (Å²) in [6.07, 6.45) is 1.76. The van der Waals surface area contributed by atoms with Crippen molar-refractivity contribution < 1.29 is 13.5 Å². The molecular weight excluding hydrogens is 290 g/mol. The highest BCUT2D eigenvalue weighted by Crippen LogP contribution is 2.21. The quantitative estimate of drug-likeness (QED) is 0.825. The lowest BCUT2D eigenvalue weighted by molar-refractivity contribution is 0.0436. The van der Waals surface area contributed by atoms with Crippen molar-refractivity contribution in [2.45, 2.75) is 37.8 Å². The molecule has 0 aliphatic carbocycles. The summed E-state index contributed by atoms with van der Waals surface area (Å²) in [5.41, 5.74) is -1.10. The Kier molecular flexibility index (Phi) is 5.00. The van der Waals surface area contributed by atoms with Gasteiger partial charge in [0, 0.05) is 13.6 Å². The third-order valence-electron chi connectivity index (χ3n) is 2.59. The molecule has 1 unspecified atom stereocenters. The van der Waals surface area contributed by atoms with Gasteiger partial charge in [-0.3, -0.25) is 4.68 Å². The van der Waals surface area contributed by atoms with E-state index in [0.29, 0.717) is 6.42 Å². The highest BCUT2D eigenvalue weighted by Gasteiger charge is 2.28. The maximum Gasteiger partial charge on any atom is 0.259 e. The van der Waals surface area contributed by atoms with Gasteiger partial charge < -0.3 is 5.11 Å². The van der Waals surface area contributed by atoms with Crippen LogP contribution in [0.25, 0.3) is 0 Å². The van der Waals surface area contributed by atoms with Gasteiger partial charge >= 0.3 is 0 Å². The summed E-state index contributed by atoms with van der Waals surface area (Å²) in [7, 11) is -2.30. The first kappa shape index (κ1) is 16.4. The van der Waals surface area contributed by atoms with Gasteiger partial charge in [0.1, 0.15) is 0 Å². The molecule has 110 valence electrons. The molecule has 0 saturated heterocycles. The van der Waals surface area contributed by atoms with E-state index in [9.17, 15) is 13.5 Å². The number of aryl methyl sites for hydroxylation is 1. The van der Waals surface area contributed by atoms with Crippen LogP contribution in [0, 0.1) is 5.92 Å². The van der Waals surface area contributed by atoms with Crippen LogP contribution in [0.4, 0.5) is 0 Å². The van der Waals surface area contributed by atoms with E-state index in [-0.39, 0.29) is 22.5 Å². The first-order valence-electron chi connectivity index (χ1n) is 5.95. The van der Waals surface area contributed by atoms with Gasteiger partial charge in [0.2, 0.25) is 0 Å². The molecule has 0 aromatic carbocycles. The second kappa shape index (κ2) is 5.78. The molecule has 2 N–H and O–H groups in total. The predicted octanol–water partition coefficient (Wildman–Crippen LogP) is 1.15. The molecule has 6 nitrogen and oxygen atoms in total. The lowest BCUT2D eigenvalue weighted by Gasteiger charge is -2.25. The maximum atomic E-state index is 12.1. The Hall–Kier alpha value is -0.630. The number of hydrogen-bond acceptors (Lipinski definition) is 4. The van der Waals surface area contributed by atoms with Crippen LogP contribution in [0.5, 0.6) is 0 Å². The van der Waals surface area contributed by atoms with Gasteiger partial charge in [-0.25, -0.2) is 13.1 Å². The summed E-state index contributed by atoms with van der Waals surface area (Å²) >= 11 is 5.80. The molecule has 0 bridgehead atoms. The molecule has 0 fully saturated rings. The topological polar surface area (TPSA) is 84.2 Å². The molecule has 1 rings (SSSR count). The summed E-state index contributed by atoms with van der Waals surface area (Å²) < 4.78 is 27.7. The third kappa shape index (κ3) is 4.45. The Morgan fingerprint density at radius 3 is 2.58 bits per heavy atom. The van der Waals surface area contributed by atoms with Crippen LogP contribution < -0.4 is 4.72 Å². The summed E-state index contributed by atoms with van der Waals surface area (Å²) in [5, 5.41) is 13.8. The second-order valence-corrected chi connectivity index (χ2v) is 7.43. The van der Waals surface area contributed by atoms with Crippen LogP contribution in [0.2, 0.25) is 5.02 Å². The van der Waals surface area contributed by atoms with Gasteiger partial charge in [0.25, 0.3) is 10.0 Å². The smallest absolute Gasteiger partial charge is 0.259 e. The fourth-order valence-corrected chi connectivity index (χ4v) is 3.79. The maximum absolute atomic E-state index is 12.1. The average Bonchev–Trinajstić information content (AvgIpc) is 2.55. The number of aliphatic hydroxyl groups is 1. The Labute approximate surface area is 118 Å². The van der Waals surface area contributed by atoms with Crippen LogP contribution in [-0.2, 0) is 17.1 Å². The highest BCUT2D eigenvalue weighted by molar-refractivity contribution is 7.89. The van der Waals surface area contributed by atoms with E-state index < -0.39 is 15.6 Å². The molecule has 8 heteroatoms. The van der Waals surface area contributed by atoms with E-state index >= 15 is 0 Å². The van der Waals surface area contributed by atoms with Crippen molar-refractivity contribution in [2.24, 2.45) is 13.0 Å². The zero-order chi connectivity index (χ0) is 14.8. The van der Waals surface area contributed by atoms with Gasteiger partial charge in [-0.15, -0.1) is 0 Å². The van der Waals surface area contributed by atoms with Gasteiger partial charge in [-0.05, 0) is 19.3 Å². The molecular formula is C11H20ClN3O3S. The van der Waals surface area contributed by atoms with Gasteiger partial charge in [0.05, 0.1) is 16.8 Å². The molecule has 0 aliphatic rings. The van der Waals surface area contributed by atoms with Crippen molar-refractivity contribution >= 4 is 21.6 Å². The number of aromatic nitrogens is 2. The van der Waals surface area contributed by atoms with Crippen molar-refractivity contribution in [3.05, 3.63) is 11.2 Å². The van der Waals surface area contributed by atoms with Crippen molar-refractivity contribution in [1.82, 2.24) is 14.5 Å². The van der Waals surface area contributed by atoms with Crippen LogP contribution in [0.1, 0.15) is 27.2 Å². The molecule has 1 atom stereocenters. The van der Waals surface area contributed by atoms with Gasteiger partial charge in [0.15, 0.2) is 5.03 Å². The van der Waals surface area contributed by atoms with Gasteiger partial charge in [-0.1, -0.05) is 25.4 Å². The third-order valence-corrected chi connectivity index (χ3v) is 4.49. The normalized spacial score (nSPS) is 15.7. The summed E-state index contributed by atoms with van der Waals surface area (Å²) in [6.45, 7) is 5.44. The highest BCUT2D eigenvalue weighted by atomic mass is 35.5. The van der Waals surface area contributed by atoms with Crippen molar-refractivity contribution in [2.75, 3.05) is 6.54 Å². The Bertz CT molecular complexity index is 518. The van der Waals surface area contributed by atoms with Crippen LogP contribution in [0.15, 0.2) is 11.2 Å². The second-order valence-electron chi connectivity index (χ2n) is 5.34. The number of halogens is 1. The molecule has 1 aromatic heterocycles. The fraction of sp³-hybridized carbons (Fsp3) is 0.727. The van der Waals surface area contributed by atoms with Crippen LogP contribution >= 0.6 is 11.6 Å². The molecule has 1 heterocycles. The summed E-state index contributed by atoms with van der Waals surface area (Å²) in [5.74, 6) is 0.264. The molecule has 0 saturated carbocycles. The van der Waals surface area contributed by atoms with Crippen LogP contribution in [0.3, 0.4) is 0 Å². The van der Waals surface area contributed by atoms with E-state index in [0.717, 1.165) is 0 Å². The van der Waals surface area contributed by atoms with E-state index in [1.165, 1.54) is 17.9 Å². The number of sulfonamides is 1. The van der Waals surface area contributed by atoms with Crippen molar-refractivity contribution in [3.8, 4) is 0 Å². The summed E-state index contributed by atoms with van der Waals surface area (Å²) in [4.78, 5) is 0. The monoisotopic (exact) mass is 309 g/mol. The lowest BCUT2D eigenvalue weighted by Crippen LogP contribution is -2.41. The Morgan fingerprint density at radius 2 is 2.16 bits per heavy atom. The Balaban J connectivity index is 2.83. The molecule has 0 aliphatic heterocycles. The standard InChI is InChI=1S/C11H20ClN3O3S/c1-8(2)5-11(3,16)7-14-19(17,18)10-9(12)6-13-15(10)4/h6,8,14,16H,5,7H2,1-4H3. The number of hydrogen-bond donors (Lipinski definition) is 2. The summed E-state index contributed by atoms with van der Waals surface area (Å²) in [6, 6.07) is 0. The molecule has 1 aromatic rings. The zero-order valence-corrected chi connectivity index (χ0v) is 13.1. The van der Waals surface area contributed by atoms with E-state index in [1.54, 1.807) is 6.92 Å². The van der Waals surface area contributed by atoms with Crippen molar-refractivity contribution in [1.29, 1.82) is 0 Å². The Morgan fingerprint density at radius 1 is 1.58 bits per heavy atom. The van der Waals surface area contributed by atoms with E-state index in [2.05, 4.69) is 9.82 Å². The first-order valence-corrected chi connectivity index (χ1v) is 7.81. The zero-order valence-electron chi connectivity index (χ0n) is 11.5. The van der Waals surface area contributed by atoms with E-state index in [1.807, 2.05) is 13.8 Å². The SMILES string of the molecule is CC(C)CC(C)(O)CNS(=O)(=O)c1c(Cl)cnn1C. The first-order chi connectivity index (χ1) is 8.55. The average molecular weight is 310 g/mol. The lowest BCUT2D eigenvalue weighted by atomic mass is 9.95. The molecule has 0 radical (unpaired) electrons. The van der Waals surface area contributed by atoms with Crippen LogP contribution in [-0.4, -0.2) is 35.5 Å².